The quantitative estimate of drug-likeness (QED) is 0.636. The van der Waals surface area contributed by atoms with Crippen molar-refractivity contribution in [1.29, 1.82) is 0 Å². The van der Waals surface area contributed by atoms with Gasteiger partial charge in [-0.15, -0.1) is 0 Å². The molecule has 0 unspecified atom stereocenters. The number of carbonyl (C=O) groups is 1. The van der Waals surface area contributed by atoms with E-state index in [1.54, 1.807) is 33.8 Å². The number of nitrogens with zero attached hydrogens (tertiary/aromatic N) is 4. The largest absolute Gasteiger partial charge is 0.335 e. The van der Waals surface area contributed by atoms with Crippen LogP contribution in [0.15, 0.2) is 53.7 Å². The fourth-order valence-electron chi connectivity index (χ4n) is 4.87. The smallest absolute Gasteiger partial charge is 0.275 e. The maximum Gasteiger partial charge on any atom is 0.275 e. The third kappa shape index (κ3) is 3.58. The number of imidazole rings is 1. The molecule has 1 saturated carbocycles. The van der Waals surface area contributed by atoms with E-state index in [-0.39, 0.29) is 22.7 Å². The first-order valence-corrected chi connectivity index (χ1v) is 10.7. The van der Waals surface area contributed by atoms with E-state index in [1.807, 2.05) is 24.0 Å². The third-order valence-corrected chi connectivity index (χ3v) is 6.68. The number of halogens is 1. The molecule has 5 rings (SSSR count). The van der Waals surface area contributed by atoms with Gasteiger partial charge in [0.2, 0.25) is 0 Å². The summed E-state index contributed by atoms with van der Waals surface area (Å²) in [6, 6.07) is 10.1. The molecule has 1 fully saturated rings. The number of pyridine rings is 1. The Kier molecular flexibility index (Phi) is 4.76. The van der Waals surface area contributed by atoms with E-state index in [1.165, 1.54) is 12.1 Å². The molecule has 160 valence electrons. The first-order chi connectivity index (χ1) is 14.9. The van der Waals surface area contributed by atoms with E-state index < -0.39 is 0 Å². The number of hydrogen-bond donors (Lipinski definition) is 0. The fourth-order valence-corrected chi connectivity index (χ4v) is 4.87. The Morgan fingerprint density at radius 2 is 1.84 bits per heavy atom. The van der Waals surface area contributed by atoms with Crippen LogP contribution in [0.2, 0.25) is 0 Å². The molecule has 1 amide bonds. The zero-order chi connectivity index (χ0) is 21.6. The molecule has 3 aromatic rings. The van der Waals surface area contributed by atoms with Crippen LogP contribution in [0.3, 0.4) is 0 Å². The van der Waals surface area contributed by atoms with Crippen LogP contribution in [-0.2, 0) is 13.0 Å². The van der Waals surface area contributed by atoms with Crippen LogP contribution in [0.4, 0.5) is 4.39 Å². The summed E-state index contributed by atoms with van der Waals surface area (Å²) < 4.78 is 16.5. The summed E-state index contributed by atoms with van der Waals surface area (Å²) in [6.07, 6.45) is 7.51. The number of carbonyl (C=O) groups excluding carboxylic acids is 1. The van der Waals surface area contributed by atoms with Crippen LogP contribution >= 0.6 is 0 Å². The summed E-state index contributed by atoms with van der Waals surface area (Å²) in [5.74, 6) is -0.327. The summed E-state index contributed by atoms with van der Waals surface area (Å²) >= 11 is 0. The van der Waals surface area contributed by atoms with Crippen LogP contribution in [0.25, 0.3) is 5.69 Å². The molecule has 1 aliphatic heterocycles. The zero-order valence-electron chi connectivity index (χ0n) is 17.6. The number of aromatic nitrogens is 3. The minimum atomic E-state index is -0.232. The monoisotopic (exact) mass is 420 g/mol. The van der Waals surface area contributed by atoms with Crippen molar-refractivity contribution in [2.24, 2.45) is 5.41 Å². The minimum Gasteiger partial charge on any atom is -0.335 e. The van der Waals surface area contributed by atoms with Crippen molar-refractivity contribution in [2.75, 3.05) is 13.1 Å². The second kappa shape index (κ2) is 7.48. The lowest BCUT2D eigenvalue weighted by Crippen LogP contribution is -2.51. The molecule has 0 saturated heterocycles. The summed E-state index contributed by atoms with van der Waals surface area (Å²) in [5.41, 5.74) is 2.72. The lowest BCUT2D eigenvalue weighted by molar-refractivity contribution is 0.0400. The molecular formula is C24H25FN4O2. The van der Waals surface area contributed by atoms with E-state index in [0.717, 1.165) is 36.9 Å². The maximum atomic E-state index is 13.3. The van der Waals surface area contributed by atoms with Gasteiger partial charge in [0, 0.05) is 25.8 Å². The Morgan fingerprint density at radius 1 is 1.06 bits per heavy atom. The van der Waals surface area contributed by atoms with Crippen molar-refractivity contribution < 1.29 is 9.18 Å². The van der Waals surface area contributed by atoms with Gasteiger partial charge in [0.15, 0.2) is 0 Å². The molecule has 31 heavy (non-hydrogen) atoms. The number of amides is 1. The minimum absolute atomic E-state index is 0.0320. The fraction of sp³-hybridized carbons (Fsp3) is 0.375. The molecule has 0 bridgehead atoms. The van der Waals surface area contributed by atoms with Crippen LogP contribution in [0.1, 0.15) is 41.0 Å². The van der Waals surface area contributed by atoms with Crippen molar-refractivity contribution in [3.8, 4) is 5.69 Å². The van der Waals surface area contributed by atoms with Gasteiger partial charge in [0.1, 0.15) is 17.2 Å². The van der Waals surface area contributed by atoms with Gasteiger partial charge in [-0.3, -0.25) is 9.59 Å². The van der Waals surface area contributed by atoms with E-state index in [4.69, 9.17) is 0 Å². The van der Waals surface area contributed by atoms with E-state index >= 15 is 0 Å². The van der Waals surface area contributed by atoms with E-state index in [2.05, 4.69) is 4.98 Å². The Hall–Kier alpha value is -3.22. The maximum absolute atomic E-state index is 13.3. The topological polar surface area (TPSA) is 60.1 Å². The molecule has 6 nitrogen and oxygen atoms in total. The molecule has 1 aromatic carbocycles. The van der Waals surface area contributed by atoms with Crippen molar-refractivity contribution in [3.63, 3.8) is 0 Å². The van der Waals surface area contributed by atoms with Gasteiger partial charge in [-0.25, -0.2) is 9.37 Å². The summed E-state index contributed by atoms with van der Waals surface area (Å²) in [7, 11) is 0. The predicted octanol–water partition coefficient (Wildman–Crippen LogP) is 3.35. The standard InChI is InChI=1S/C24H25FN4O2/c1-17-14-28(16-26-17)20-7-8-21-22(30)27(11-12-29(21)23(20)31)15-24(9-2-10-24)13-18-3-5-19(25)6-4-18/h3-8,14,16H,2,9-13,15H2,1H3. The van der Waals surface area contributed by atoms with E-state index in [9.17, 15) is 14.0 Å². The molecule has 0 spiro atoms. The number of fused-ring (bicyclic) bond motifs is 1. The normalized spacial score (nSPS) is 17.4. The third-order valence-electron chi connectivity index (χ3n) is 6.68. The number of aryl methyl sites for hydroxylation is 1. The van der Waals surface area contributed by atoms with Gasteiger partial charge in [0.05, 0.1) is 12.0 Å². The lowest BCUT2D eigenvalue weighted by atomic mass is 9.65. The Labute approximate surface area is 180 Å². The highest BCUT2D eigenvalue weighted by atomic mass is 19.1. The average molecular weight is 420 g/mol. The van der Waals surface area contributed by atoms with Crippen LogP contribution in [-0.4, -0.2) is 38.0 Å². The Morgan fingerprint density at radius 3 is 2.48 bits per heavy atom. The predicted molar refractivity (Wildman–Crippen MR) is 115 cm³/mol. The first kappa shape index (κ1) is 19.7. The molecular weight excluding hydrogens is 395 g/mol. The van der Waals surface area contributed by atoms with E-state index in [0.29, 0.717) is 31.0 Å². The summed E-state index contributed by atoms with van der Waals surface area (Å²) in [4.78, 5) is 32.3. The van der Waals surface area contributed by atoms with Gasteiger partial charge in [-0.05, 0) is 61.4 Å². The first-order valence-electron chi connectivity index (χ1n) is 10.7. The SMILES string of the molecule is Cc1cn(-c2ccc3n(c2=O)CCN(CC2(Cc4ccc(F)cc4)CCC2)C3=O)cn1. The van der Waals surface area contributed by atoms with Crippen LogP contribution in [0.5, 0.6) is 0 Å². The number of hydrogen-bond acceptors (Lipinski definition) is 3. The van der Waals surface area contributed by atoms with Gasteiger partial charge < -0.3 is 14.0 Å². The molecule has 0 N–H and O–H groups in total. The van der Waals surface area contributed by atoms with Crippen molar-refractivity contribution in [2.45, 2.75) is 39.2 Å². The number of rotatable bonds is 5. The second-order valence-corrected chi connectivity index (χ2v) is 8.87. The lowest BCUT2D eigenvalue weighted by Gasteiger charge is -2.46. The van der Waals surface area contributed by atoms with Crippen molar-refractivity contribution in [3.05, 3.63) is 82.0 Å². The van der Waals surface area contributed by atoms with Crippen molar-refractivity contribution in [1.82, 2.24) is 19.0 Å². The molecule has 2 aromatic heterocycles. The second-order valence-electron chi connectivity index (χ2n) is 8.87. The molecule has 7 heteroatoms. The Balaban J connectivity index is 1.37. The molecule has 0 radical (unpaired) electrons. The van der Waals surface area contributed by atoms with Gasteiger partial charge in [-0.2, -0.15) is 0 Å². The molecule has 0 atom stereocenters. The molecule has 3 heterocycles. The van der Waals surface area contributed by atoms with Gasteiger partial charge in [-0.1, -0.05) is 18.6 Å². The average Bonchev–Trinajstić information content (AvgIpc) is 3.16. The molecule has 1 aliphatic carbocycles. The van der Waals surface area contributed by atoms with Crippen molar-refractivity contribution >= 4 is 5.91 Å². The Bertz CT molecular complexity index is 1190. The van der Waals surface area contributed by atoms with Gasteiger partial charge in [0.25, 0.3) is 11.5 Å². The zero-order valence-corrected chi connectivity index (χ0v) is 17.6. The highest BCUT2D eigenvalue weighted by Gasteiger charge is 2.41. The summed E-state index contributed by atoms with van der Waals surface area (Å²) in [6.45, 7) is 3.54. The van der Waals surface area contributed by atoms with Crippen LogP contribution in [0, 0.1) is 18.2 Å². The highest BCUT2D eigenvalue weighted by molar-refractivity contribution is 5.93. The molecule has 2 aliphatic rings. The van der Waals surface area contributed by atoms with Crippen LogP contribution < -0.4 is 5.56 Å². The number of benzene rings is 1. The summed E-state index contributed by atoms with van der Waals surface area (Å²) in [5, 5.41) is 0. The highest BCUT2D eigenvalue weighted by Crippen LogP contribution is 2.44. The van der Waals surface area contributed by atoms with Gasteiger partial charge >= 0.3 is 0 Å².